The number of anilines is 1. The summed E-state index contributed by atoms with van der Waals surface area (Å²) in [4.78, 5) is 26.9. The van der Waals surface area contributed by atoms with Crippen LogP contribution in [0.15, 0.2) is 48.7 Å². The molecule has 2 N–H and O–H groups in total. The summed E-state index contributed by atoms with van der Waals surface area (Å²) in [5, 5.41) is 2.63. The molecular formula is C19H14ClF3N2O3. The number of para-hydroxylation sites is 1. The minimum absolute atomic E-state index is 0.0452. The zero-order valence-corrected chi connectivity index (χ0v) is 15.0. The summed E-state index contributed by atoms with van der Waals surface area (Å²) in [6, 6.07) is 10.4. The molecule has 0 aliphatic heterocycles. The van der Waals surface area contributed by atoms with Crippen LogP contribution in [0.5, 0.6) is 0 Å². The highest BCUT2D eigenvalue weighted by molar-refractivity contribution is 6.31. The topological polar surface area (TPSA) is 71.2 Å². The second-order valence-electron chi connectivity index (χ2n) is 5.94. The van der Waals surface area contributed by atoms with E-state index in [0.29, 0.717) is 11.6 Å². The maximum atomic E-state index is 12.8. The molecule has 0 bridgehead atoms. The standard InChI is InChI=1S/C19H14ClF3N2O3/c20-15-6-5-12(8-14(15)19(21,22)23)25-17(26)10-28-18(27)7-11-9-24-16-4-2-1-3-13(11)16/h1-6,8-9,24H,7,10H2,(H,25,26). The molecule has 146 valence electrons. The first-order valence-corrected chi connectivity index (χ1v) is 8.49. The number of alkyl halides is 3. The van der Waals surface area contributed by atoms with Crippen molar-refractivity contribution in [2.45, 2.75) is 12.6 Å². The minimum Gasteiger partial charge on any atom is -0.455 e. The molecule has 0 saturated heterocycles. The number of carbonyl (C=O) groups excluding carboxylic acids is 2. The fraction of sp³-hybridized carbons (Fsp3) is 0.158. The molecule has 0 aliphatic carbocycles. The number of aromatic nitrogens is 1. The maximum Gasteiger partial charge on any atom is 0.417 e. The lowest BCUT2D eigenvalue weighted by molar-refractivity contribution is -0.146. The second kappa shape index (κ2) is 7.93. The average Bonchev–Trinajstić information content (AvgIpc) is 3.04. The molecule has 1 heterocycles. The second-order valence-corrected chi connectivity index (χ2v) is 6.34. The third-order valence-corrected chi connectivity index (χ3v) is 4.26. The molecule has 0 aliphatic rings. The van der Waals surface area contributed by atoms with E-state index in [4.69, 9.17) is 16.3 Å². The average molecular weight is 411 g/mol. The summed E-state index contributed by atoms with van der Waals surface area (Å²) in [5.74, 6) is -1.39. The Morgan fingerprint density at radius 3 is 2.64 bits per heavy atom. The van der Waals surface area contributed by atoms with E-state index >= 15 is 0 Å². The lowest BCUT2D eigenvalue weighted by Crippen LogP contribution is -2.22. The largest absolute Gasteiger partial charge is 0.455 e. The molecule has 1 amide bonds. The summed E-state index contributed by atoms with van der Waals surface area (Å²) < 4.78 is 43.4. The number of benzene rings is 2. The highest BCUT2D eigenvalue weighted by Crippen LogP contribution is 2.36. The first kappa shape index (κ1) is 19.8. The van der Waals surface area contributed by atoms with Crippen molar-refractivity contribution in [3.8, 4) is 0 Å². The molecule has 0 saturated carbocycles. The van der Waals surface area contributed by atoms with Crippen molar-refractivity contribution < 1.29 is 27.5 Å². The Hall–Kier alpha value is -3.00. The Kier molecular flexibility index (Phi) is 5.60. The summed E-state index contributed by atoms with van der Waals surface area (Å²) in [6.07, 6.45) is -3.02. The van der Waals surface area contributed by atoms with Gasteiger partial charge in [-0.1, -0.05) is 29.8 Å². The fourth-order valence-electron chi connectivity index (χ4n) is 2.65. The van der Waals surface area contributed by atoms with Gasteiger partial charge in [0, 0.05) is 22.8 Å². The summed E-state index contributed by atoms with van der Waals surface area (Å²) >= 11 is 5.52. The molecule has 3 aromatic rings. The van der Waals surface area contributed by atoms with Gasteiger partial charge in [0.05, 0.1) is 17.0 Å². The molecule has 2 aromatic carbocycles. The predicted molar refractivity (Wildman–Crippen MR) is 98.0 cm³/mol. The lowest BCUT2D eigenvalue weighted by atomic mass is 10.1. The van der Waals surface area contributed by atoms with Gasteiger partial charge in [-0.05, 0) is 29.8 Å². The maximum absolute atomic E-state index is 12.8. The van der Waals surface area contributed by atoms with Crippen LogP contribution in [0.4, 0.5) is 18.9 Å². The van der Waals surface area contributed by atoms with Crippen molar-refractivity contribution in [1.82, 2.24) is 4.98 Å². The molecule has 3 rings (SSSR count). The predicted octanol–water partition coefficient (Wildman–Crippen LogP) is 4.56. The van der Waals surface area contributed by atoms with E-state index in [1.165, 1.54) is 6.07 Å². The van der Waals surface area contributed by atoms with Crippen LogP contribution in [0.2, 0.25) is 5.02 Å². The van der Waals surface area contributed by atoms with Gasteiger partial charge in [0.25, 0.3) is 5.91 Å². The van der Waals surface area contributed by atoms with Crippen LogP contribution in [0.25, 0.3) is 10.9 Å². The molecule has 0 radical (unpaired) electrons. The van der Waals surface area contributed by atoms with Crippen LogP contribution in [0.3, 0.4) is 0 Å². The number of aromatic amines is 1. The third-order valence-electron chi connectivity index (χ3n) is 3.93. The van der Waals surface area contributed by atoms with E-state index in [1.54, 1.807) is 6.20 Å². The van der Waals surface area contributed by atoms with Crippen LogP contribution >= 0.6 is 11.6 Å². The number of carbonyl (C=O) groups is 2. The van der Waals surface area contributed by atoms with Gasteiger partial charge in [0.2, 0.25) is 0 Å². The highest BCUT2D eigenvalue weighted by Gasteiger charge is 2.33. The zero-order valence-electron chi connectivity index (χ0n) is 14.3. The Balaban J connectivity index is 1.56. The lowest BCUT2D eigenvalue weighted by Gasteiger charge is -2.12. The molecule has 1 aromatic heterocycles. The Labute approximate surface area is 162 Å². The van der Waals surface area contributed by atoms with E-state index < -0.39 is 35.2 Å². The molecule has 0 atom stereocenters. The third kappa shape index (κ3) is 4.64. The van der Waals surface area contributed by atoms with Crippen molar-refractivity contribution in [3.05, 3.63) is 64.8 Å². The molecular weight excluding hydrogens is 397 g/mol. The molecule has 0 fully saturated rings. The van der Waals surface area contributed by atoms with Crippen LogP contribution in [0.1, 0.15) is 11.1 Å². The van der Waals surface area contributed by atoms with Crippen molar-refractivity contribution in [3.63, 3.8) is 0 Å². The first-order valence-electron chi connectivity index (χ1n) is 8.11. The van der Waals surface area contributed by atoms with Gasteiger partial charge in [-0.25, -0.2) is 0 Å². The van der Waals surface area contributed by atoms with Gasteiger partial charge < -0.3 is 15.0 Å². The van der Waals surface area contributed by atoms with Crippen molar-refractivity contribution in [1.29, 1.82) is 0 Å². The monoisotopic (exact) mass is 410 g/mol. The van der Waals surface area contributed by atoms with Crippen molar-refractivity contribution in [2.24, 2.45) is 0 Å². The van der Waals surface area contributed by atoms with Gasteiger partial charge in [-0.3, -0.25) is 9.59 Å². The van der Waals surface area contributed by atoms with Crippen LogP contribution in [-0.4, -0.2) is 23.5 Å². The summed E-state index contributed by atoms with van der Waals surface area (Å²) in [7, 11) is 0. The fourth-order valence-corrected chi connectivity index (χ4v) is 2.87. The zero-order chi connectivity index (χ0) is 20.3. The van der Waals surface area contributed by atoms with Gasteiger partial charge in [0.15, 0.2) is 6.61 Å². The minimum atomic E-state index is -4.65. The van der Waals surface area contributed by atoms with E-state index in [0.717, 1.165) is 17.0 Å². The quantitative estimate of drug-likeness (QED) is 0.605. The number of H-pyrrole nitrogens is 1. The Morgan fingerprint density at radius 2 is 1.89 bits per heavy atom. The number of hydrogen-bond acceptors (Lipinski definition) is 3. The summed E-state index contributed by atoms with van der Waals surface area (Å²) in [5.41, 5.74) is 0.414. The van der Waals surface area contributed by atoms with E-state index in [1.807, 2.05) is 24.3 Å². The first-order chi connectivity index (χ1) is 13.2. The van der Waals surface area contributed by atoms with Crippen molar-refractivity contribution in [2.75, 3.05) is 11.9 Å². The molecule has 0 unspecified atom stereocenters. The smallest absolute Gasteiger partial charge is 0.417 e. The van der Waals surface area contributed by atoms with Crippen LogP contribution in [-0.2, 0) is 26.9 Å². The SMILES string of the molecule is O=C(COC(=O)Cc1c[nH]c2ccccc12)Nc1ccc(Cl)c(C(F)(F)F)c1. The molecule has 9 heteroatoms. The van der Waals surface area contributed by atoms with E-state index in [-0.39, 0.29) is 12.1 Å². The number of halogens is 4. The number of ether oxygens (including phenoxy) is 1. The highest BCUT2D eigenvalue weighted by atomic mass is 35.5. The van der Waals surface area contributed by atoms with Gasteiger partial charge >= 0.3 is 12.1 Å². The Morgan fingerprint density at radius 1 is 1.14 bits per heavy atom. The van der Waals surface area contributed by atoms with Crippen molar-refractivity contribution >= 4 is 40.1 Å². The molecule has 5 nitrogen and oxygen atoms in total. The number of rotatable bonds is 5. The van der Waals surface area contributed by atoms with Crippen LogP contribution in [0, 0.1) is 0 Å². The molecule has 28 heavy (non-hydrogen) atoms. The number of hydrogen-bond donors (Lipinski definition) is 2. The van der Waals surface area contributed by atoms with Gasteiger partial charge in [-0.15, -0.1) is 0 Å². The normalized spacial score (nSPS) is 11.4. The van der Waals surface area contributed by atoms with Crippen LogP contribution < -0.4 is 5.32 Å². The number of amides is 1. The number of fused-ring (bicyclic) bond motifs is 1. The number of nitrogens with one attached hydrogen (secondary N) is 2. The molecule has 0 spiro atoms. The van der Waals surface area contributed by atoms with E-state index in [9.17, 15) is 22.8 Å². The number of esters is 1. The van der Waals surface area contributed by atoms with E-state index in [2.05, 4.69) is 10.3 Å². The summed E-state index contributed by atoms with van der Waals surface area (Å²) in [6.45, 7) is -0.620. The Bertz CT molecular complexity index is 1030. The van der Waals surface area contributed by atoms with Gasteiger partial charge in [-0.2, -0.15) is 13.2 Å². The van der Waals surface area contributed by atoms with Gasteiger partial charge in [0.1, 0.15) is 0 Å².